The Hall–Kier alpha value is -1.56. The Labute approximate surface area is 128 Å². The molecule has 0 aliphatic carbocycles. The van der Waals surface area contributed by atoms with Gasteiger partial charge in [0.25, 0.3) is 9.05 Å². The molecule has 6 heteroatoms. The summed E-state index contributed by atoms with van der Waals surface area (Å²) < 4.78 is 32.9. The average molecular weight is 327 g/mol. The van der Waals surface area contributed by atoms with Crippen LogP contribution in [-0.4, -0.2) is 22.1 Å². The molecule has 0 N–H and O–H groups in total. The predicted octanol–water partition coefficient (Wildman–Crippen LogP) is 3.60. The molecule has 0 aromatic heterocycles. The second-order valence-electron chi connectivity index (χ2n) is 4.40. The highest BCUT2D eigenvalue weighted by molar-refractivity contribution is 8.13. The largest absolute Gasteiger partial charge is 0.457 e. The average Bonchev–Trinajstić information content (AvgIpc) is 2.46. The van der Waals surface area contributed by atoms with Crippen LogP contribution in [0.4, 0.5) is 0 Å². The number of hydrogen-bond acceptors (Lipinski definition) is 4. The second-order valence-corrected chi connectivity index (χ2v) is 6.96. The van der Waals surface area contributed by atoms with Crippen molar-refractivity contribution in [1.29, 1.82) is 0 Å². The van der Waals surface area contributed by atoms with Crippen LogP contribution in [0, 0.1) is 0 Å². The van der Waals surface area contributed by atoms with E-state index in [2.05, 4.69) is 0 Å². The molecule has 0 heterocycles. The lowest BCUT2D eigenvalue weighted by molar-refractivity contribution is 0.202. The molecular formula is C15H15ClO4S. The third kappa shape index (κ3) is 4.74. The molecule has 0 saturated carbocycles. The van der Waals surface area contributed by atoms with Gasteiger partial charge in [-0.25, -0.2) is 8.42 Å². The highest BCUT2D eigenvalue weighted by atomic mass is 35.7. The molecule has 0 aliphatic rings. The van der Waals surface area contributed by atoms with Crippen molar-refractivity contribution in [2.24, 2.45) is 0 Å². The van der Waals surface area contributed by atoms with E-state index in [9.17, 15) is 8.42 Å². The van der Waals surface area contributed by atoms with Gasteiger partial charge in [-0.2, -0.15) is 0 Å². The summed E-state index contributed by atoms with van der Waals surface area (Å²) in [5.74, 6) is 1.22. The standard InChI is InChI=1S/C15H15ClO4S/c1-19-11-10-12-2-4-13(5-3-12)20-14-6-8-15(9-7-14)21(16,17)18/h2-9H,10-11H2,1H3. The van der Waals surface area contributed by atoms with Crippen LogP contribution >= 0.6 is 10.7 Å². The van der Waals surface area contributed by atoms with Gasteiger partial charge in [-0.15, -0.1) is 0 Å². The zero-order chi connectivity index (χ0) is 15.3. The Morgan fingerprint density at radius 1 is 0.952 bits per heavy atom. The maximum Gasteiger partial charge on any atom is 0.261 e. The van der Waals surface area contributed by atoms with E-state index in [-0.39, 0.29) is 4.90 Å². The monoisotopic (exact) mass is 326 g/mol. The topological polar surface area (TPSA) is 52.6 Å². The van der Waals surface area contributed by atoms with E-state index < -0.39 is 9.05 Å². The van der Waals surface area contributed by atoms with Crippen LogP contribution in [0.3, 0.4) is 0 Å². The summed E-state index contributed by atoms with van der Waals surface area (Å²) >= 11 is 0. The number of ether oxygens (including phenoxy) is 2. The summed E-state index contributed by atoms with van der Waals surface area (Å²) in [6.07, 6.45) is 0.846. The van der Waals surface area contributed by atoms with Crippen LogP contribution in [-0.2, 0) is 20.2 Å². The van der Waals surface area contributed by atoms with Crippen molar-refractivity contribution in [3.63, 3.8) is 0 Å². The lowest BCUT2D eigenvalue weighted by Crippen LogP contribution is -1.94. The smallest absolute Gasteiger partial charge is 0.261 e. The van der Waals surface area contributed by atoms with E-state index in [1.165, 1.54) is 12.1 Å². The fourth-order valence-electron chi connectivity index (χ4n) is 1.75. The van der Waals surface area contributed by atoms with E-state index in [0.717, 1.165) is 12.0 Å². The Morgan fingerprint density at radius 2 is 1.48 bits per heavy atom. The normalized spacial score (nSPS) is 11.3. The first-order valence-corrected chi connectivity index (χ1v) is 8.60. The number of hydrogen-bond donors (Lipinski definition) is 0. The van der Waals surface area contributed by atoms with Crippen LogP contribution < -0.4 is 4.74 Å². The van der Waals surface area contributed by atoms with Crippen molar-refractivity contribution in [2.75, 3.05) is 13.7 Å². The lowest BCUT2D eigenvalue weighted by atomic mass is 10.1. The zero-order valence-corrected chi connectivity index (χ0v) is 13.0. The third-order valence-corrected chi connectivity index (χ3v) is 4.23. The molecule has 21 heavy (non-hydrogen) atoms. The number of rotatable bonds is 6. The van der Waals surface area contributed by atoms with Crippen molar-refractivity contribution in [3.05, 3.63) is 54.1 Å². The minimum atomic E-state index is -3.70. The first-order chi connectivity index (χ1) is 9.99. The molecule has 4 nitrogen and oxygen atoms in total. The van der Waals surface area contributed by atoms with Crippen molar-refractivity contribution < 1.29 is 17.9 Å². The first-order valence-electron chi connectivity index (χ1n) is 6.29. The highest BCUT2D eigenvalue weighted by Gasteiger charge is 2.09. The molecule has 0 saturated heterocycles. The van der Waals surface area contributed by atoms with E-state index in [1.807, 2.05) is 24.3 Å². The zero-order valence-electron chi connectivity index (χ0n) is 11.5. The molecule has 0 bridgehead atoms. The fraction of sp³-hybridized carbons (Fsp3) is 0.200. The Bertz CT molecular complexity index is 679. The summed E-state index contributed by atoms with van der Waals surface area (Å²) in [5.41, 5.74) is 1.16. The molecule has 0 amide bonds. The molecule has 112 valence electrons. The minimum Gasteiger partial charge on any atom is -0.457 e. The highest BCUT2D eigenvalue weighted by Crippen LogP contribution is 2.24. The van der Waals surface area contributed by atoms with Gasteiger partial charge < -0.3 is 9.47 Å². The number of methoxy groups -OCH3 is 1. The number of halogens is 1. The predicted molar refractivity (Wildman–Crippen MR) is 81.6 cm³/mol. The maximum atomic E-state index is 11.1. The number of benzene rings is 2. The van der Waals surface area contributed by atoms with Gasteiger partial charge in [0.15, 0.2) is 0 Å². The summed E-state index contributed by atoms with van der Waals surface area (Å²) in [7, 11) is 3.22. The summed E-state index contributed by atoms with van der Waals surface area (Å²) in [5, 5.41) is 0. The maximum absolute atomic E-state index is 11.1. The molecule has 0 atom stereocenters. The molecule has 0 unspecified atom stereocenters. The van der Waals surface area contributed by atoms with Crippen molar-refractivity contribution in [3.8, 4) is 11.5 Å². The van der Waals surface area contributed by atoms with Crippen molar-refractivity contribution in [1.82, 2.24) is 0 Å². The van der Waals surface area contributed by atoms with E-state index in [4.69, 9.17) is 20.2 Å². The van der Waals surface area contributed by atoms with Crippen LogP contribution in [0.2, 0.25) is 0 Å². The van der Waals surface area contributed by atoms with Crippen LogP contribution in [0.5, 0.6) is 11.5 Å². The Morgan fingerprint density at radius 3 is 1.95 bits per heavy atom. The summed E-state index contributed by atoms with van der Waals surface area (Å²) in [6, 6.07) is 13.6. The minimum absolute atomic E-state index is 0.0476. The Kier molecular flexibility index (Phi) is 5.22. The van der Waals surface area contributed by atoms with Gasteiger partial charge in [-0.3, -0.25) is 0 Å². The first kappa shape index (κ1) is 15.8. The van der Waals surface area contributed by atoms with Gasteiger partial charge in [0.2, 0.25) is 0 Å². The van der Waals surface area contributed by atoms with Crippen molar-refractivity contribution in [2.45, 2.75) is 11.3 Å². The van der Waals surface area contributed by atoms with Crippen molar-refractivity contribution >= 4 is 19.7 Å². The molecule has 0 spiro atoms. The van der Waals surface area contributed by atoms with Gasteiger partial charge in [0.05, 0.1) is 11.5 Å². The Balaban J connectivity index is 2.04. The van der Waals surface area contributed by atoms with Crippen LogP contribution in [0.15, 0.2) is 53.4 Å². The summed E-state index contributed by atoms with van der Waals surface area (Å²) in [4.78, 5) is 0.0476. The summed E-state index contributed by atoms with van der Waals surface area (Å²) in [6.45, 7) is 0.675. The molecule has 2 aromatic carbocycles. The molecule has 2 rings (SSSR count). The SMILES string of the molecule is COCCc1ccc(Oc2ccc(S(=O)(=O)Cl)cc2)cc1. The van der Waals surface area contributed by atoms with Gasteiger partial charge in [-0.1, -0.05) is 12.1 Å². The molecular weight excluding hydrogens is 312 g/mol. The lowest BCUT2D eigenvalue weighted by Gasteiger charge is -2.07. The van der Waals surface area contributed by atoms with E-state index in [0.29, 0.717) is 18.1 Å². The molecule has 0 aliphatic heterocycles. The van der Waals surface area contributed by atoms with Gasteiger partial charge in [-0.05, 0) is 48.4 Å². The fourth-order valence-corrected chi connectivity index (χ4v) is 2.52. The third-order valence-electron chi connectivity index (χ3n) is 2.86. The van der Waals surface area contributed by atoms with Crippen LogP contribution in [0.25, 0.3) is 0 Å². The van der Waals surface area contributed by atoms with Gasteiger partial charge in [0.1, 0.15) is 11.5 Å². The van der Waals surface area contributed by atoms with E-state index >= 15 is 0 Å². The molecule has 0 radical (unpaired) electrons. The van der Waals surface area contributed by atoms with Gasteiger partial charge >= 0.3 is 0 Å². The quantitative estimate of drug-likeness (QED) is 0.761. The molecule has 2 aromatic rings. The van der Waals surface area contributed by atoms with Crippen LogP contribution in [0.1, 0.15) is 5.56 Å². The molecule has 0 fully saturated rings. The van der Waals surface area contributed by atoms with Gasteiger partial charge in [0, 0.05) is 17.8 Å². The second kappa shape index (κ2) is 6.93. The van der Waals surface area contributed by atoms with E-state index in [1.54, 1.807) is 19.2 Å².